The van der Waals surface area contributed by atoms with Gasteiger partial charge in [0.25, 0.3) is 5.91 Å². The lowest BCUT2D eigenvalue weighted by Gasteiger charge is -2.35. The number of primary amides is 1. The molecule has 0 aliphatic carbocycles. The number of ether oxygens (including phenoxy) is 1. The van der Waals surface area contributed by atoms with Crippen molar-refractivity contribution in [3.05, 3.63) is 23.3 Å². The second kappa shape index (κ2) is 9.41. The minimum absolute atomic E-state index is 0.113. The van der Waals surface area contributed by atoms with Gasteiger partial charge in [-0.25, -0.2) is 0 Å². The summed E-state index contributed by atoms with van der Waals surface area (Å²) < 4.78 is 5.59. The lowest BCUT2D eigenvalue weighted by atomic mass is 10.1. The van der Waals surface area contributed by atoms with Gasteiger partial charge < -0.3 is 15.4 Å². The van der Waals surface area contributed by atoms with Crippen LogP contribution in [0.25, 0.3) is 0 Å². The Morgan fingerprint density at radius 3 is 2.14 bits per heavy atom. The first-order chi connectivity index (χ1) is 10.1. The Labute approximate surface area is 134 Å². The van der Waals surface area contributed by atoms with E-state index in [-0.39, 0.29) is 18.2 Å². The Kier molecular flexibility index (Phi) is 8.72. The molecule has 2 amide bonds. The molecule has 0 aliphatic heterocycles. The number of amides is 2. The van der Waals surface area contributed by atoms with Gasteiger partial charge >= 0.3 is 0 Å². The van der Waals surface area contributed by atoms with Crippen molar-refractivity contribution in [2.75, 3.05) is 13.3 Å². The summed E-state index contributed by atoms with van der Waals surface area (Å²) in [5, 5.41) is 0. The van der Waals surface area contributed by atoms with Gasteiger partial charge in [0.2, 0.25) is 5.91 Å². The molecule has 0 aromatic rings. The third-order valence-electron chi connectivity index (χ3n) is 3.23. The Morgan fingerprint density at radius 2 is 1.68 bits per heavy atom. The molecule has 0 aromatic carbocycles. The quantitative estimate of drug-likeness (QED) is 0.324. The molecule has 0 unspecified atom stereocenters. The molecular formula is C17H30N2O3. The predicted molar refractivity (Wildman–Crippen MR) is 89.0 cm³/mol. The van der Waals surface area contributed by atoms with Crippen LogP contribution in [0, 0.1) is 0 Å². The first kappa shape index (κ1) is 20.4. The van der Waals surface area contributed by atoms with Crippen LogP contribution in [-0.4, -0.2) is 35.6 Å². The van der Waals surface area contributed by atoms with Crippen LogP contribution in [0.3, 0.4) is 0 Å². The first-order valence-corrected chi connectivity index (χ1v) is 7.66. The van der Waals surface area contributed by atoms with Gasteiger partial charge in [0.1, 0.15) is 6.73 Å². The molecule has 0 radical (unpaired) electrons. The molecule has 0 rings (SSSR count). The van der Waals surface area contributed by atoms with Gasteiger partial charge in [-0.3, -0.25) is 9.59 Å². The summed E-state index contributed by atoms with van der Waals surface area (Å²) >= 11 is 0. The minimum atomic E-state index is -0.493. The van der Waals surface area contributed by atoms with Crippen LogP contribution >= 0.6 is 0 Å². The van der Waals surface area contributed by atoms with Crippen molar-refractivity contribution in [1.82, 2.24) is 4.90 Å². The number of hydrogen-bond donors (Lipinski definition) is 1. The van der Waals surface area contributed by atoms with E-state index in [1.807, 2.05) is 20.8 Å². The number of nitrogens with zero attached hydrogens (tertiary/aromatic N) is 1. The highest BCUT2D eigenvalue weighted by Crippen LogP contribution is 2.17. The molecule has 0 saturated heterocycles. The smallest absolute Gasteiger partial charge is 0.251 e. The van der Waals surface area contributed by atoms with E-state index in [1.54, 1.807) is 30.9 Å². The summed E-state index contributed by atoms with van der Waals surface area (Å²) in [7, 11) is 0. The zero-order valence-electron chi connectivity index (χ0n) is 14.7. The number of nitrogens with two attached hydrogens (primary N) is 1. The fourth-order valence-corrected chi connectivity index (χ4v) is 1.58. The van der Waals surface area contributed by atoms with E-state index in [0.29, 0.717) is 17.8 Å². The summed E-state index contributed by atoms with van der Waals surface area (Å²) in [4.78, 5) is 25.2. The van der Waals surface area contributed by atoms with Crippen LogP contribution < -0.4 is 5.73 Å². The number of hydrogen-bond acceptors (Lipinski definition) is 3. The zero-order chi connectivity index (χ0) is 17.3. The van der Waals surface area contributed by atoms with Crippen LogP contribution in [0.4, 0.5) is 0 Å². The second-order valence-electron chi connectivity index (χ2n) is 6.36. The van der Waals surface area contributed by atoms with Crippen molar-refractivity contribution < 1.29 is 14.3 Å². The summed E-state index contributed by atoms with van der Waals surface area (Å²) in [6.45, 7) is 12.2. The molecule has 0 saturated carbocycles. The van der Waals surface area contributed by atoms with Crippen molar-refractivity contribution in [3.8, 4) is 0 Å². The van der Waals surface area contributed by atoms with Crippen molar-refractivity contribution in [3.63, 3.8) is 0 Å². The second-order valence-corrected chi connectivity index (χ2v) is 6.36. The maximum atomic E-state index is 12.6. The first-order valence-electron chi connectivity index (χ1n) is 7.66. The fraction of sp³-hybridized carbons (Fsp3) is 0.647. The molecule has 0 spiro atoms. The third-order valence-corrected chi connectivity index (χ3v) is 3.23. The van der Waals surface area contributed by atoms with Gasteiger partial charge in [0.15, 0.2) is 0 Å². The van der Waals surface area contributed by atoms with E-state index in [1.165, 1.54) is 0 Å². The van der Waals surface area contributed by atoms with Crippen LogP contribution in [0.15, 0.2) is 23.3 Å². The number of rotatable bonds is 8. The van der Waals surface area contributed by atoms with E-state index >= 15 is 0 Å². The van der Waals surface area contributed by atoms with Crippen molar-refractivity contribution in [1.29, 1.82) is 0 Å². The lowest BCUT2D eigenvalue weighted by Crippen LogP contribution is -2.47. The number of carbonyl (C=O) groups excluding carboxylic acids is 2. The Hall–Kier alpha value is -1.62. The van der Waals surface area contributed by atoms with E-state index in [0.717, 1.165) is 12.8 Å². The van der Waals surface area contributed by atoms with Gasteiger partial charge in [-0.1, -0.05) is 25.5 Å². The maximum Gasteiger partial charge on any atom is 0.251 e. The maximum absolute atomic E-state index is 12.6. The topological polar surface area (TPSA) is 72.6 Å². The van der Waals surface area contributed by atoms with E-state index in [9.17, 15) is 9.59 Å². The van der Waals surface area contributed by atoms with Crippen molar-refractivity contribution in [2.45, 2.75) is 59.9 Å². The normalized spacial score (nSPS) is 13.2. The summed E-state index contributed by atoms with van der Waals surface area (Å²) in [5.74, 6) is -0.607. The molecule has 0 aliphatic rings. The standard InChI is InChI=1S/C17H30N2O3/c1-7-8-11-22-12-19(17(4,5)6)16(21)14(3)10-9-13(2)15(18)20/h9-10H,7-8,11-12H2,1-6H3,(H2,18,20)/b13-9+,14-10+. The van der Waals surface area contributed by atoms with Crippen molar-refractivity contribution >= 4 is 11.8 Å². The number of unbranched alkanes of at least 4 members (excludes halogenated alkanes) is 1. The molecule has 0 atom stereocenters. The van der Waals surface area contributed by atoms with Gasteiger partial charge in [-0.15, -0.1) is 0 Å². The Balaban J connectivity index is 5.00. The molecule has 126 valence electrons. The van der Waals surface area contributed by atoms with E-state index < -0.39 is 5.91 Å². The van der Waals surface area contributed by atoms with Crippen molar-refractivity contribution in [2.24, 2.45) is 5.73 Å². The molecule has 0 fully saturated rings. The predicted octanol–water partition coefficient (Wildman–Crippen LogP) is 2.77. The fourth-order valence-electron chi connectivity index (χ4n) is 1.58. The minimum Gasteiger partial charge on any atom is -0.366 e. The third kappa shape index (κ3) is 7.41. The van der Waals surface area contributed by atoms with Gasteiger partial charge in [-0.05, 0) is 41.0 Å². The molecule has 22 heavy (non-hydrogen) atoms. The molecule has 0 aromatic heterocycles. The lowest BCUT2D eigenvalue weighted by molar-refractivity contribution is -0.139. The molecule has 0 heterocycles. The van der Waals surface area contributed by atoms with Crippen LogP contribution in [0.5, 0.6) is 0 Å². The van der Waals surface area contributed by atoms with E-state index in [2.05, 4.69) is 6.92 Å². The molecule has 2 N–H and O–H groups in total. The highest BCUT2D eigenvalue weighted by Gasteiger charge is 2.27. The summed E-state index contributed by atoms with van der Waals surface area (Å²) in [5.41, 5.74) is 5.77. The highest BCUT2D eigenvalue weighted by atomic mass is 16.5. The highest BCUT2D eigenvalue weighted by molar-refractivity contribution is 5.95. The average Bonchev–Trinajstić information content (AvgIpc) is 2.42. The monoisotopic (exact) mass is 310 g/mol. The summed E-state index contributed by atoms with van der Waals surface area (Å²) in [6.07, 6.45) is 5.21. The zero-order valence-corrected chi connectivity index (χ0v) is 14.7. The SMILES string of the molecule is CCCCOCN(C(=O)/C(C)=C/C=C(\C)C(N)=O)C(C)(C)C. The molecule has 5 nitrogen and oxygen atoms in total. The van der Waals surface area contributed by atoms with E-state index in [4.69, 9.17) is 10.5 Å². The van der Waals surface area contributed by atoms with Gasteiger partial charge in [0, 0.05) is 23.3 Å². The Bertz CT molecular complexity index is 445. The van der Waals surface area contributed by atoms with Gasteiger partial charge in [-0.2, -0.15) is 0 Å². The van der Waals surface area contributed by atoms with Crippen LogP contribution in [0.2, 0.25) is 0 Å². The molecule has 5 heteroatoms. The Morgan fingerprint density at radius 1 is 1.14 bits per heavy atom. The molecular weight excluding hydrogens is 280 g/mol. The summed E-state index contributed by atoms with van der Waals surface area (Å²) in [6, 6.07) is 0. The number of carbonyl (C=O) groups is 2. The van der Waals surface area contributed by atoms with Crippen LogP contribution in [-0.2, 0) is 14.3 Å². The van der Waals surface area contributed by atoms with Crippen LogP contribution in [0.1, 0.15) is 54.4 Å². The number of allylic oxidation sites excluding steroid dienone is 2. The van der Waals surface area contributed by atoms with Gasteiger partial charge in [0.05, 0.1) is 0 Å². The molecule has 0 bridgehead atoms. The largest absolute Gasteiger partial charge is 0.366 e. The average molecular weight is 310 g/mol.